The average molecular weight is 395 g/mol. The molecule has 1 aromatic carbocycles. The Hall–Kier alpha value is -3.49. The Bertz CT molecular complexity index is 1210. The Balaban J connectivity index is 1.60. The van der Waals surface area contributed by atoms with Crippen molar-refractivity contribution in [2.45, 2.75) is 18.9 Å². The van der Waals surface area contributed by atoms with Gasteiger partial charge in [0.15, 0.2) is 5.82 Å². The predicted molar refractivity (Wildman–Crippen MR) is 105 cm³/mol. The second kappa shape index (κ2) is 6.54. The second-order valence-corrected chi connectivity index (χ2v) is 7.26. The van der Waals surface area contributed by atoms with Crippen LogP contribution in [0.25, 0.3) is 16.6 Å². The zero-order valence-electron chi connectivity index (χ0n) is 15.8. The van der Waals surface area contributed by atoms with Gasteiger partial charge in [0.1, 0.15) is 23.8 Å². The summed E-state index contributed by atoms with van der Waals surface area (Å²) in [5, 5.41) is 8.55. The Morgan fingerprint density at radius 2 is 2.07 bits per heavy atom. The number of aryl methyl sites for hydroxylation is 1. The summed E-state index contributed by atoms with van der Waals surface area (Å²) in [4.78, 5) is 6.51. The van der Waals surface area contributed by atoms with Crippen LogP contribution in [-0.2, 0) is 7.05 Å². The van der Waals surface area contributed by atoms with Crippen LogP contribution < -0.4 is 10.6 Å². The van der Waals surface area contributed by atoms with Crippen LogP contribution in [0.5, 0.6) is 0 Å². The van der Waals surface area contributed by atoms with Crippen LogP contribution in [0.3, 0.4) is 0 Å². The first-order valence-electron chi connectivity index (χ1n) is 9.36. The minimum atomic E-state index is -0.445. The van der Waals surface area contributed by atoms with Gasteiger partial charge in [-0.25, -0.2) is 18.3 Å². The number of aromatic nitrogens is 5. The topological polar surface area (TPSA) is 77.3 Å². The van der Waals surface area contributed by atoms with Gasteiger partial charge in [-0.15, -0.1) is 5.10 Å². The normalized spacial score (nSPS) is 16.8. The van der Waals surface area contributed by atoms with E-state index in [1.165, 1.54) is 12.1 Å². The summed E-state index contributed by atoms with van der Waals surface area (Å²) < 4.78 is 31.5. The van der Waals surface area contributed by atoms with E-state index in [-0.39, 0.29) is 6.04 Å². The molecule has 7 nitrogen and oxygen atoms in total. The summed E-state index contributed by atoms with van der Waals surface area (Å²) in [7, 11) is 1.83. The highest BCUT2D eigenvalue weighted by Crippen LogP contribution is 2.38. The van der Waals surface area contributed by atoms with Gasteiger partial charge in [-0.3, -0.25) is 4.68 Å². The maximum atomic E-state index is 14.4. The van der Waals surface area contributed by atoms with Crippen LogP contribution in [-0.4, -0.2) is 30.9 Å². The van der Waals surface area contributed by atoms with Crippen molar-refractivity contribution in [1.82, 2.24) is 24.4 Å². The molecule has 4 aromatic rings. The summed E-state index contributed by atoms with van der Waals surface area (Å²) in [6, 6.07) is 5.20. The van der Waals surface area contributed by atoms with Gasteiger partial charge in [0.2, 0.25) is 0 Å². The second-order valence-electron chi connectivity index (χ2n) is 7.26. The highest BCUT2D eigenvalue weighted by Gasteiger charge is 2.30. The van der Waals surface area contributed by atoms with Gasteiger partial charge in [0, 0.05) is 37.0 Å². The molecule has 1 atom stereocenters. The van der Waals surface area contributed by atoms with Gasteiger partial charge in [-0.2, -0.15) is 5.10 Å². The Kier molecular flexibility index (Phi) is 3.97. The van der Waals surface area contributed by atoms with Crippen LogP contribution >= 0.6 is 0 Å². The molecular weight excluding hydrogens is 376 g/mol. The fourth-order valence-electron chi connectivity index (χ4n) is 4.10. The van der Waals surface area contributed by atoms with Gasteiger partial charge >= 0.3 is 0 Å². The van der Waals surface area contributed by atoms with Crippen molar-refractivity contribution in [2.75, 3.05) is 17.2 Å². The lowest BCUT2D eigenvalue weighted by Gasteiger charge is -2.26. The number of anilines is 2. The summed E-state index contributed by atoms with van der Waals surface area (Å²) in [6.07, 6.45) is 6.79. The van der Waals surface area contributed by atoms with E-state index in [1.807, 2.05) is 24.2 Å². The largest absolute Gasteiger partial charge is 0.382 e. The van der Waals surface area contributed by atoms with Crippen LogP contribution in [0.15, 0.2) is 43.0 Å². The highest BCUT2D eigenvalue weighted by molar-refractivity contribution is 5.88. The minimum absolute atomic E-state index is 0.275. The minimum Gasteiger partial charge on any atom is -0.382 e. The number of hydrogen-bond acceptors (Lipinski definition) is 5. The third-order valence-corrected chi connectivity index (χ3v) is 5.40. The maximum Gasteiger partial charge on any atom is 0.154 e. The molecule has 29 heavy (non-hydrogen) atoms. The van der Waals surface area contributed by atoms with Gasteiger partial charge in [-0.1, -0.05) is 0 Å². The standard InChI is InChI=1S/C20H19F2N7/c1-27-10-12(9-25-27)19-17-8-18(24-11-29(17)26-20(19)23)28-6-2-3-16(28)14-7-13(21)4-5-15(14)22/h4-5,7-11,16H,2-3,6H2,1H3,(H2,23,26). The van der Waals surface area contributed by atoms with Crippen molar-refractivity contribution in [2.24, 2.45) is 7.05 Å². The van der Waals surface area contributed by atoms with Crippen molar-refractivity contribution in [3.05, 3.63) is 60.2 Å². The van der Waals surface area contributed by atoms with Gasteiger partial charge in [0.05, 0.1) is 23.3 Å². The van der Waals surface area contributed by atoms with E-state index in [0.29, 0.717) is 23.7 Å². The molecule has 0 bridgehead atoms. The first-order chi connectivity index (χ1) is 14.0. The van der Waals surface area contributed by atoms with Gasteiger partial charge < -0.3 is 10.6 Å². The fourth-order valence-corrected chi connectivity index (χ4v) is 4.10. The molecule has 1 aliphatic rings. The number of fused-ring (bicyclic) bond motifs is 1. The molecule has 0 saturated carbocycles. The molecule has 0 radical (unpaired) electrons. The molecule has 3 aromatic heterocycles. The summed E-state index contributed by atoms with van der Waals surface area (Å²) in [6.45, 7) is 0.704. The molecule has 148 valence electrons. The molecule has 0 spiro atoms. The summed E-state index contributed by atoms with van der Waals surface area (Å²) in [5.41, 5.74) is 8.91. The van der Waals surface area contributed by atoms with E-state index < -0.39 is 11.6 Å². The molecule has 1 saturated heterocycles. The Morgan fingerprint density at radius 3 is 2.86 bits per heavy atom. The molecule has 5 rings (SSSR count). The van der Waals surface area contributed by atoms with E-state index in [4.69, 9.17) is 5.73 Å². The van der Waals surface area contributed by atoms with E-state index in [0.717, 1.165) is 35.6 Å². The van der Waals surface area contributed by atoms with Crippen molar-refractivity contribution >= 4 is 17.2 Å². The third-order valence-electron chi connectivity index (χ3n) is 5.40. The fraction of sp³-hybridized carbons (Fsp3) is 0.250. The quantitative estimate of drug-likeness (QED) is 0.576. The lowest BCUT2D eigenvalue weighted by atomic mass is 10.0. The SMILES string of the molecule is Cn1cc(-c2c(N)nn3cnc(N4CCCC4c4cc(F)ccc4F)cc23)cn1. The van der Waals surface area contributed by atoms with Gasteiger partial charge in [0.25, 0.3) is 0 Å². The first kappa shape index (κ1) is 17.6. The lowest BCUT2D eigenvalue weighted by Crippen LogP contribution is -2.24. The maximum absolute atomic E-state index is 14.4. The van der Waals surface area contributed by atoms with E-state index in [1.54, 1.807) is 21.7 Å². The monoisotopic (exact) mass is 395 g/mol. The molecule has 9 heteroatoms. The van der Waals surface area contributed by atoms with Crippen molar-refractivity contribution in [3.63, 3.8) is 0 Å². The number of benzene rings is 1. The van der Waals surface area contributed by atoms with E-state index >= 15 is 0 Å². The smallest absolute Gasteiger partial charge is 0.154 e. The Morgan fingerprint density at radius 1 is 1.21 bits per heavy atom. The van der Waals surface area contributed by atoms with E-state index in [9.17, 15) is 8.78 Å². The number of hydrogen-bond donors (Lipinski definition) is 1. The zero-order valence-corrected chi connectivity index (χ0v) is 15.8. The molecule has 0 amide bonds. The predicted octanol–water partition coefficient (Wildman–Crippen LogP) is 3.33. The number of nitrogens with zero attached hydrogens (tertiary/aromatic N) is 6. The van der Waals surface area contributed by atoms with Crippen LogP contribution in [0.4, 0.5) is 20.4 Å². The number of rotatable bonds is 3. The Labute approximate surface area is 165 Å². The molecule has 1 aliphatic heterocycles. The number of halogens is 2. The molecule has 0 aliphatic carbocycles. The molecule has 4 heterocycles. The van der Waals surface area contributed by atoms with Crippen LogP contribution in [0.2, 0.25) is 0 Å². The van der Waals surface area contributed by atoms with Crippen LogP contribution in [0, 0.1) is 11.6 Å². The molecule has 1 fully saturated rings. The molecule has 1 unspecified atom stereocenters. The number of nitrogens with two attached hydrogens (primary N) is 1. The average Bonchev–Trinajstić information content (AvgIpc) is 3.41. The van der Waals surface area contributed by atoms with Crippen molar-refractivity contribution < 1.29 is 8.78 Å². The molecular formula is C20H19F2N7. The highest BCUT2D eigenvalue weighted by atomic mass is 19.1. The summed E-state index contributed by atoms with van der Waals surface area (Å²) in [5.74, 6) is 0.202. The van der Waals surface area contributed by atoms with Gasteiger partial charge in [-0.05, 0) is 31.0 Å². The van der Waals surface area contributed by atoms with Crippen LogP contribution in [0.1, 0.15) is 24.4 Å². The van der Waals surface area contributed by atoms with Crippen molar-refractivity contribution in [1.29, 1.82) is 0 Å². The zero-order chi connectivity index (χ0) is 20.1. The van der Waals surface area contributed by atoms with E-state index in [2.05, 4.69) is 15.2 Å². The molecule has 2 N–H and O–H groups in total. The first-order valence-corrected chi connectivity index (χ1v) is 9.36. The summed E-state index contributed by atoms with van der Waals surface area (Å²) >= 11 is 0. The lowest BCUT2D eigenvalue weighted by molar-refractivity contribution is 0.560. The van der Waals surface area contributed by atoms with Crippen molar-refractivity contribution in [3.8, 4) is 11.1 Å². The number of nitrogen functional groups attached to an aromatic ring is 1. The third kappa shape index (κ3) is 2.89.